The fraction of sp³-hybridized carbons (Fsp3) is 0.769. The number of hydrogen-bond donors (Lipinski definition) is 2. The summed E-state index contributed by atoms with van der Waals surface area (Å²) in [5.74, 6) is -1.60. The third kappa shape index (κ3) is 4.54. The summed E-state index contributed by atoms with van der Waals surface area (Å²) in [6, 6.07) is 0. The van der Waals surface area contributed by atoms with Gasteiger partial charge in [0.15, 0.2) is 0 Å². The first-order valence-electron chi connectivity index (χ1n) is 6.57. The fourth-order valence-corrected chi connectivity index (χ4v) is 2.47. The molecule has 0 aromatic heterocycles. The average Bonchev–Trinajstić information content (AvgIpc) is 2.39. The topological polar surface area (TPSA) is 92.7 Å². The van der Waals surface area contributed by atoms with E-state index in [0.29, 0.717) is 12.8 Å². The minimum Gasteiger partial charge on any atom is -0.481 e. The van der Waals surface area contributed by atoms with Gasteiger partial charge in [-0.25, -0.2) is 0 Å². The van der Waals surface area contributed by atoms with Gasteiger partial charge in [-0.3, -0.25) is 14.4 Å². The van der Waals surface area contributed by atoms with Crippen LogP contribution in [0, 0.1) is 5.41 Å². The molecule has 1 amide bonds. The number of carboxylic acids is 1. The van der Waals surface area contributed by atoms with Crippen LogP contribution in [0.3, 0.4) is 0 Å². The molecule has 6 nitrogen and oxygen atoms in total. The largest absolute Gasteiger partial charge is 0.481 e. The molecule has 108 valence electrons. The molecule has 1 saturated carbocycles. The van der Waals surface area contributed by atoms with Crippen molar-refractivity contribution in [1.82, 2.24) is 5.32 Å². The van der Waals surface area contributed by atoms with Gasteiger partial charge in [-0.2, -0.15) is 0 Å². The summed E-state index contributed by atoms with van der Waals surface area (Å²) in [5, 5.41) is 11.9. The number of ether oxygens (including phenoxy) is 1. The molecule has 0 unspecified atom stereocenters. The van der Waals surface area contributed by atoms with E-state index in [4.69, 9.17) is 0 Å². The summed E-state index contributed by atoms with van der Waals surface area (Å²) in [5.41, 5.74) is -0.923. The highest BCUT2D eigenvalue weighted by molar-refractivity contribution is 5.85. The number of carbonyl (C=O) groups is 3. The van der Waals surface area contributed by atoms with E-state index < -0.39 is 17.4 Å². The van der Waals surface area contributed by atoms with E-state index in [1.165, 1.54) is 7.11 Å². The highest BCUT2D eigenvalue weighted by Gasteiger charge is 2.41. The van der Waals surface area contributed by atoms with Crippen LogP contribution in [0.2, 0.25) is 0 Å². The van der Waals surface area contributed by atoms with Gasteiger partial charge in [0.2, 0.25) is 5.91 Å². The Balaban J connectivity index is 2.44. The number of carboxylic acid groups (broad SMARTS) is 1. The third-order valence-electron chi connectivity index (χ3n) is 3.64. The van der Waals surface area contributed by atoms with Crippen molar-refractivity contribution in [2.24, 2.45) is 5.41 Å². The van der Waals surface area contributed by atoms with Crippen LogP contribution in [0.5, 0.6) is 0 Å². The molecule has 2 N–H and O–H groups in total. The molecular formula is C13H21NO5. The highest BCUT2D eigenvalue weighted by atomic mass is 16.5. The molecule has 6 heteroatoms. The second-order valence-electron chi connectivity index (χ2n) is 5.00. The smallest absolute Gasteiger partial charge is 0.310 e. The molecule has 0 radical (unpaired) electrons. The van der Waals surface area contributed by atoms with Gasteiger partial charge in [-0.1, -0.05) is 19.3 Å². The number of aliphatic carboxylic acids is 1. The number of nitrogens with one attached hydrogen (secondary N) is 1. The Morgan fingerprint density at radius 1 is 1.21 bits per heavy atom. The Labute approximate surface area is 112 Å². The molecule has 0 aromatic rings. The molecule has 0 aliphatic heterocycles. The molecule has 1 aliphatic rings. The van der Waals surface area contributed by atoms with Crippen LogP contribution < -0.4 is 5.32 Å². The highest BCUT2D eigenvalue weighted by Crippen LogP contribution is 2.39. The Morgan fingerprint density at radius 2 is 1.84 bits per heavy atom. The van der Waals surface area contributed by atoms with E-state index >= 15 is 0 Å². The molecule has 1 aliphatic carbocycles. The number of hydrogen-bond acceptors (Lipinski definition) is 4. The molecule has 0 atom stereocenters. The quantitative estimate of drug-likeness (QED) is 0.705. The lowest BCUT2D eigenvalue weighted by Crippen LogP contribution is -2.39. The van der Waals surface area contributed by atoms with E-state index in [1.807, 2.05) is 0 Å². The summed E-state index contributed by atoms with van der Waals surface area (Å²) < 4.78 is 4.46. The van der Waals surface area contributed by atoms with E-state index in [9.17, 15) is 19.5 Å². The Hall–Kier alpha value is -1.59. The Kier molecular flexibility index (Phi) is 5.79. The van der Waals surface area contributed by atoms with E-state index in [-0.39, 0.29) is 25.3 Å². The van der Waals surface area contributed by atoms with Crippen molar-refractivity contribution in [2.75, 3.05) is 13.7 Å². The second-order valence-corrected chi connectivity index (χ2v) is 5.00. The lowest BCUT2D eigenvalue weighted by molar-refractivity contribution is -0.154. The van der Waals surface area contributed by atoms with E-state index in [2.05, 4.69) is 10.1 Å². The first-order chi connectivity index (χ1) is 9.00. The molecule has 1 fully saturated rings. The van der Waals surface area contributed by atoms with Crippen LogP contribution in [0.15, 0.2) is 0 Å². The molecule has 0 spiro atoms. The zero-order valence-electron chi connectivity index (χ0n) is 11.2. The standard InChI is InChI=1S/C13H21NO5/c1-19-11(16)5-8-14-10(15)9-13(12(17)18)6-3-2-4-7-13/h2-9H2,1H3,(H,14,15)(H,17,18). The maximum Gasteiger partial charge on any atom is 0.310 e. The average molecular weight is 271 g/mol. The minimum absolute atomic E-state index is 0.0104. The normalized spacial score (nSPS) is 17.5. The van der Waals surface area contributed by atoms with Crippen LogP contribution >= 0.6 is 0 Å². The van der Waals surface area contributed by atoms with Crippen LogP contribution in [0.25, 0.3) is 0 Å². The van der Waals surface area contributed by atoms with Crippen molar-refractivity contribution in [3.05, 3.63) is 0 Å². The van der Waals surface area contributed by atoms with Gasteiger partial charge in [0.1, 0.15) is 0 Å². The van der Waals surface area contributed by atoms with Crippen LogP contribution in [-0.4, -0.2) is 36.6 Å². The molecule has 1 rings (SSSR count). The molecule has 19 heavy (non-hydrogen) atoms. The first-order valence-corrected chi connectivity index (χ1v) is 6.57. The predicted molar refractivity (Wildman–Crippen MR) is 67.4 cm³/mol. The fourth-order valence-electron chi connectivity index (χ4n) is 2.47. The Bertz CT molecular complexity index is 347. The van der Waals surface area contributed by atoms with Gasteiger partial charge < -0.3 is 15.2 Å². The van der Waals surface area contributed by atoms with Gasteiger partial charge in [0.25, 0.3) is 0 Å². The van der Waals surface area contributed by atoms with E-state index in [1.54, 1.807) is 0 Å². The Morgan fingerprint density at radius 3 is 2.37 bits per heavy atom. The summed E-state index contributed by atoms with van der Waals surface area (Å²) in [6.07, 6.45) is 3.91. The van der Waals surface area contributed by atoms with Crippen molar-refractivity contribution >= 4 is 17.8 Å². The zero-order chi connectivity index (χ0) is 14.3. The maximum absolute atomic E-state index is 11.8. The van der Waals surface area contributed by atoms with Crippen LogP contribution in [-0.2, 0) is 19.1 Å². The summed E-state index contributed by atoms with van der Waals surface area (Å²) in [4.78, 5) is 34.0. The second kappa shape index (κ2) is 7.11. The van der Waals surface area contributed by atoms with Gasteiger partial charge >= 0.3 is 11.9 Å². The van der Waals surface area contributed by atoms with Crippen LogP contribution in [0.1, 0.15) is 44.9 Å². The molecule has 0 heterocycles. The van der Waals surface area contributed by atoms with Gasteiger partial charge in [0, 0.05) is 13.0 Å². The van der Waals surface area contributed by atoms with Gasteiger partial charge in [-0.15, -0.1) is 0 Å². The zero-order valence-corrected chi connectivity index (χ0v) is 11.2. The number of carbonyl (C=O) groups excluding carboxylic acids is 2. The third-order valence-corrected chi connectivity index (χ3v) is 3.64. The number of methoxy groups -OCH3 is 1. The van der Waals surface area contributed by atoms with Crippen molar-refractivity contribution in [2.45, 2.75) is 44.9 Å². The minimum atomic E-state index is -0.923. The predicted octanol–water partition coefficient (Wildman–Crippen LogP) is 1.09. The van der Waals surface area contributed by atoms with Crippen molar-refractivity contribution in [3.8, 4) is 0 Å². The number of amides is 1. The monoisotopic (exact) mass is 271 g/mol. The summed E-state index contributed by atoms with van der Waals surface area (Å²) in [7, 11) is 1.28. The van der Waals surface area contributed by atoms with Crippen LogP contribution in [0.4, 0.5) is 0 Å². The van der Waals surface area contributed by atoms with Crippen molar-refractivity contribution < 1.29 is 24.2 Å². The lowest BCUT2D eigenvalue weighted by Gasteiger charge is -2.32. The number of esters is 1. The molecular weight excluding hydrogens is 250 g/mol. The molecule has 0 bridgehead atoms. The van der Waals surface area contributed by atoms with Gasteiger partial charge in [0.05, 0.1) is 18.9 Å². The van der Waals surface area contributed by atoms with Crippen molar-refractivity contribution in [3.63, 3.8) is 0 Å². The summed E-state index contributed by atoms with van der Waals surface area (Å²) >= 11 is 0. The molecule has 0 aromatic carbocycles. The summed E-state index contributed by atoms with van der Waals surface area (Å²) in [6.45, 7) is 0.182. The lowest BCUT2D eigenvalue weighted by atomic mass is 9.71. The number of rotatable bonds is 6. The first kappa shape index (κ1) is 15.5. The maximum atomic E-state index is 11.8. The van der Waals surface area contributed by atoms with E-state index in [0.717, 1.165) is 19.3 Å². The van der Waals surface area contributed by atoms with Crippen molar-refractivity contribution in [1.29, 1.82) is 0 Å². The molecule has 0 saturated heterocycles. The SMILES string of the molecule is COC(=O)CCNC(=O)CC1(C(=O)O)CCCCC1. The van der Waals surface area contributed by atoms with Gasteiger partial charge in [-0.05, 0) is 12.8 Å².